The molecule has 6 nitrogen and oxygen atoms in total. The SMILES string of the molecule is COc1ccccc1[C@@H](NC(=O)c1ccccn1)c1nccn1C. The van der Waals surface area contributed by atoms with Gasteiger partial charge in [-0.3, -0.25) is 9.78 Å². The molecule has 1 atom stereocenters. The summed E-state index contributed by atoms with van der Waals surface area (Å²) in [5, 5.41) is 3.00. The molecule has 0 saturated carbocycles. The van der Waals surface area contributed by atoms with Crippen molar-refractivity contribution >= 4 is 5.91 Å². The number of benzene rings is 1. The highest BCUT2D eigenvalue weighted by Gasteiger charge is 2.24. The van der Waals surface area contributed by atoms with Crippen molar-refractivity contribution in [1.29, 1.82) is 0 Å². The maximum Gasteiger partial charge on any atom is 0.270 e. The van der Waals surface area contributed by atoms with Gasteiger partial charge in [-0.2, -0.15) is 0 Å². The molecule has 0 saturated heterocycles. The summed E-state index contributed by atoms with van der Waals surface area (Å²) in [6.45, 7) is 0. The Kier molecular flexibility index (Phi) is 4.56. The monoisotopic (exact) mass is 322 g/mol. The number of rotatable bonds is 5. The number of aromatic nitrogens is 3. The smallest absolute Gasteiger partial charge is 0.270 e. The number of hydrogen-bond donors (Lipinski definition) is 1. The Labute approximate surface area is 140 Å². The number of hydrogen-bond acceptors (Lipinski definition) is 4. The average molecular weight is 322 g/mol. The van der Waals surface area contributed by atoms with Crippen LogP contribution >= 0.6 is 0 Å². The molecule has 24 heavy (non-hydrogen) atoms. The lowest BCUT2D eigenvalue weighted by Gasteiger charge is -2.21. The highest BCUT2D eigenvalue weighted by Crippen LogP contribution is 2.29. The van der Waals surface area contributed by atoms with Crippen LogP contribution in [0.2, 0.25) is 0 Å². The maximum atomic E-state index is 12.6. The number of methoxy groups -OCH3 is 1. The largest absolute Gasteiger partial charge is 0.496 e. The maximum absolute atomic E-state index is 12.6. The molecule has 3 aromatic rings. The Morgan fingerprint density at radius 2 is 1.92 bits per heavy atom. The Morgan fingerprint density at radius 1 is 1.12 bits per heavy atom. The molecule has 1 N–H and O–H groups in total. The fourth-order valence-corrected chi connectivity index (χ4v) is 2.54. The minimum absolute atomic E-state index is 0.269. The van der Waals surface area contributed by atoms with Crippen molar-refractivity contribution in [3.8, 4) is 5.75 Å². The first-order valence-corrected chi connectivity index (χ1v) is 7.52. The van der Waals surface area contributed by atoms with Crippen molar-refractivity contribution in [1.82, 2.24) is 19.9 Å². The van der Waals surface area contributed by atoms with E-state index in [4.69, 9.17) is 4.74 Å². The molecule has 122 valence electrons. The van der Waals surface area contributed by atoms with Gasteiger partial charge in [0.05, 0.1) is 7.11 Å². The van der Waals surface area contributed by atoms with Gasteiger partial charge in [0.25, 0.3) is 5.91 Å². The van der Waals surface area contributed by atoms with E-state index in [1.807, 2.05) is 42.1 Å². The number of aryl methyl sites for hydroxylation is 1. The van der Waals surface area contributed by atoms with Crippen LogP contribution in [-0.4, -0.2) is 27.6 Å². The zero-order valence-electron chi connectivity index (χ0n) is 13.5. The van der Waals surface area contributed by atoms with E-state index in [9.17, 15) is 4.79 Å². The van der Waals surface area contributed by atoms with Gasteiger partial charge < -0.3 is 14.6 Å². The molecule has 3 rings (SSSR count). The van der Waals surface area contributed by atoms with Crippen molar-refractivity contribution in [2.75, 3.05) is 7.11 Å². The lowest BCUT2D eigenvalue weighted by Crippen LogP contribution is -2.31. The van der Waals surface area contributed by atoms with Crippen molar-refractivity contribution < 1.29 is 9.53 Å². The minimum atomic E-state index is -0.448. The molecule has 1 amide bonds. The summed E-state index contributed by atoms with van der Waals surface area (Å²) in [7, 11) is 3.49. The normalized spacial score (nSPS) is 11.8. The van der Waals surface area contributed by atoms with Gasteiger partial charge in [-0.25, -0.2) is 4.98 Å². The first-order valence-electron chi connectivity index (χ1n) is 7.52. The Balaban J connectivity index is 2.00. The highest BCUT2D eigenvalue weighted by molar-refractivity contribution is 5.92. The summed E-state index contributed by atoms with van der Waals surface area (Å²) in [6, 6.07) is 12.3. The molecule has 0 spiro atoms. The average Bonchev–Trinajstić information content (AvgIpc) is 3.06. The van der Waals surface area contributed by atoms with E-state index in [1.54, 1.807) is 37.7 Å². The third-order valence-corrected chi connectivity index (χ3v) is 3.74. The second-order valence-electron chi connectivity index (χ2n) is 5.26. The van der Waals surface area contributed by atoms with Gasteiger partial charge in [-0.05, 0) is 18.2 Å². The van der Waals surface area contributed by atoms with Gasteiger partial charge in [0, 0.05) is 31.2 Å². The number of pyridine rings is 1. The van der Waals surface area contributed by atoms with E-state index < -0.39 is 6.04 Å². The number of amides is 1. The first-order chi connectivity index (χ1) is 11.7. The summed E-state index contributed by atoms with van der Waals surface area (Å²) in [4.78, 5) is 21.1. The van der Waals surface area contributed by atoms with Gasteiger partial charge in [0.2, 0.25) is 0 Å². The van der Waals surface area contributed by atoms with Crippen LogP contribution in [0, 0.1) is 0 Å². The summed E-state index contributed by atoms with van der Waals surface area (Å²) < 4.78 is 7.32. The van der Waals surface area contributed by atoms with Crippen molar-refractivity contribution in [3.05, 3.63) is 78.1 Å². The van der Waals surface area contributed by atoms with Crippen LogP contribution in [0.1, 0.15) is 27.9 Å². The third kappa shape index (κ3) is 3.12. The Bertz CT molecular complexity index is 830. The van der Waals surface area contributed by atoms with Crippen LogP contribution in [0.15, 0.2) is 61.1 Å². The zero-order chi connectivity index (χ0) is 16.9. The number of carbonyl (C=O) groups excluding carboxylic acids is 1. The van der Waals surface area contributed by atoms with Gasteiger partial charge in [0.1, 0.15) is 23.3 Å². The first kappa shape index (κ1) is 15.7. The van der Waals surface area contributed by atoms with E-state index >= 15 is 0 Å². The number of nitrogens with zero attached hydrogens (tertiary/aromatic N) is 3. The lowest BCUT2D eigenvalue weighted by atomic mass is 10.0. The predicted molar refractivity (Wildman–Crippen MR) is 89.7 cm³/mol. The summed E-state index contributed by atoms with van der Waals surface area (Å²) in [5.41, 5.74) is 1.19. The van der Waals surface area contributed by atoms with Crippen LogP contribution in [0.3, 0.4) is 0 Å². The molecule has 0 unspecified atom stereocenters. The van der Waals surface area contributed by atoms with Crippen LogP contribution in [-0.2, 0) is 7.05 Å². The van der Waals surface area contributed by atoms with E-state index in [2.05, 4.69) is 15.3 Å². The number of carbonyl (C=O) groups is 1. The second-order valence-corrected chi connectivity index (χ2v) is 5.26. The third-order valence-electron chi connectivity index (χ3n) is 3.74. The molecule has 0 radical (unpaired) electrons. The van der Waals surface area contributed by atoms with Gasteiger partial charge in [-0.1, -0.05) is 24.3 Å². The van der Waals surface area contributed by atoms with Crippen LogP contribution in [0.5, 0.6) is 5.75 Å². The summed E-state index contributed by atoms with van der Waals surface area (Å²) >= 11 is 0. The van der Waals surface area contributed by atoms with Gasteiger partial charge in [-0.15, -0.1) is 0 Å². The number of imidazole rings is 1. The molecule has 1 aromatic carbocycles. The fourth-order valence-electron chi connectivity index (χ4n) is 2.54. The lowest BCUT2D eigenvalue weighted by molar-refractivity contribution is 0.0936. The van der Waals surface area contributed by atoms with Crippen molar-refractivity contribution in [2.24, 2.45) is 7.05 Å². The van der Waals surface area contributed by atoms with Crippen molar-refractivity contribution in [3.63, 3.8) is 0 Å². The van der Waals surface area contributed by atoms with E-state index in [0.29, 0.717) is 17.3 Å². The van der Waals surface area contributed by atoms with Crippen LogP contribution < -0.4 is 10.1 Å². The highest BCUT2D eigenvalue weighted by atomic mass is 16.5. The molecule has 0 aliphatic carbocycles. The Morgan fingerprint density at radius 3 is 2.58 bits per heavy atom. The molecular formula is C18H18N4O2. The molecule has 6 heteroatoms. The van der Waals surface area contributed by atoms with Crippen LogP contribution in [0.4, 0.5) is 0 Å². The summed E-state index contributed by atoms with van der Waals surface area (Å²) in [5.74, 6) is 1.13. The molecule has 0 fully saturated rings. The van der Waals surface area contributed by atoms with Crippen LogP contribution in [0.25, 0.3) is 0 Å². The topological polar surface area (TPSA) is 69.0 Å². The molecular weight excluding hydrogens is 304 g/mol. The molecule has 2 aromatic heterocycles. The molecule has 0 bridgehead atoms. The standard InChI is InChI=1S/C18H18N4O2/c1-22-12-11-20-17(22)16(13-7-3-4-9-15(13)24-2)21-18(23)14-8-5-6-10-19-14/h3-12,16H,1-2H3,(H,21,23)/t16-/m1/s1. The summed E-state index contributed by atoms with van der Waals surface area (Å²) in [6.07, 6.45) is 5.13. The second kappa shape index (κ2) is 6.95. The number of ether oxygens (including phenoxy) is 1. The minimum Gasteiger partial charge on any atom is -0.496 e. The Hall–Kier alpha value is -3.15. The molecule has 2 heterocycles. The predicted octanol–water partition coefficient (Wildman–Crippen LogP) is 2.34. The number of nitrogens with one attached hydrogen (secondary N) is 1. The van der Waals surface area contributed by atoms with E-state index in [-0.39, 0.29) is 5.91 Å². The zero-order valence-corrected chi connectivity index (χ0v) is 13.5. The van der Waals surface area contributed by atoms with Gasteiger partial charge >= 0.3 is 0 Å². The van der Waals surface area contributed by atoms with Gasteiger partial charge in [0.15, 0.2) is 0 Å². The van der Waals surface area contributed by atoms with Crippen molar-refractivity contribution in [2.45, 2.75) is 6.04 Å². The fraction of sp³-hybridized carbons (Fsp3) is 0.167. The number of para-hydroxylation sites is 1. The van der Waals surface area contributed by atoms with E-state index in [1.165, 1.54) is 0 Å². The van der Waals surface area contributed by atoms with E-state index in [0.717, 1.165) is 5.56 Å². The quantitative estimate of drug-likeness (QED) is 0.783. The molecule has 0 aliphatic heterocycles. The molecule has 0 aliphatic rings.